The number of rotatable bonds is 5. The van der Waals surface area contributed by atoms with Crippen LogP contribution in [0.25, 0.3) is 0 Å². The minimum Gasteiger partial charge on any atom is -0.464 e. The molecule has 22 heavy (non-hydrogen) atoms. The highest BCUT2D eigenvalue weighted by Crippen LogP contribution is 2.26. The summed E-state index contributed by atoms with van der Waals surface area (Å²) in [6, 6.07) is 2.76. The molecule has 0 unspecified atom stereocenters. The van der Waals surface area contributed by atoms with Gasteiger partial charge in [-0.3, -0.25) is 4.79 Å². The molecule has 0 aliphatic carbocycles. The smallest absolute Gasteiger partial charge is 0.283 e. The number of nitrogens with two attached hydrogens (primary N) is 1. The fourth-order valence-corrected chi connectivity index (χ4v) is 4.70. The molecule has 122 valence electrons. The van der Waals surface area contributed by atoms with Crippen LogP contribution in [0.15, 0.2) is 26.5 Å². The number of carbonyl (C=O) groups excluding carboxylic acids is 1. The van der Waals surface area contributed by atoms with Crippen LogP contribution in [0.4, 0.5) is 0 Å². The van der Waals surface area contributed by atoms with Crippen molar-refractivity contribution in [2.45, 2.75) is 26.3 Å². The average molecular weight is 349 g/mol. The number of furan rings is 1. The second-order valence-corrected chi connectivity index (χ2v) is 8.07. The fourth-order valence-electron chi connectivity index (χ4n) is 2.06. The van der Waals surface area contributed by atoms with Gasteiger partial charge in [0.1, 0.15) is 17.2 Å². The molecule has 0 aromatic carbocycles. The number of nitrogens with one attached hydrogen (secondary N) is 2. The molecule has 0 spiro atoms. The Labute approximate surface area is 127 Å². The minimum atomic E-state index is -4.61. The van der Waals surface area contributed by atoms with Crippen molar-refractivity contribution in [2.24, 2.45) is 5.14 Å². The van der Waals surface area contributed by atoms with E-state index in [1.54, 1.807) is 30.7 Å². The summed E-state index contributed by atoms with van der Waals surface area (Å²) in [7, 11) is -9.11. The van der Waals surface area contributed by atoms with E-state index in [1.807, 2.05) is 0 Å². The van der Waals surface area contributed by atoms with Crippen LogP contribution in [-0.4, -0.2) is 22.7 Å². The fraction of sp³-hybridized carbons (Fsp3) is 0.364. The molecular formula is C11H15N3O6S2. The van der Waals surface area contributed by atoms with Crippen LogP contribution in [0.1, 0.15) is 30.9 Å². The summed E-state index contributed by atoms with van der Waals surface area (Å²) in [4.78, 5) is 11.8. The first-order valence-electron chi connectivity index (χ1n) is 6.23. The summed E-state index contributed by atoms with van der Waals surface area (Å²) in [5, 5.41) is 7.50. The first-order chi connectivity index (χ1) is 10.1. The zero-order chi connectivity index (χ0) is 16.7. The van der Waals surface area contributed by atoms with Crippen LogP contribution in [-0.2, 0) is 24.8 Å². The zero-order valence-electron chi connectivity index (χ0n) is 11.8. The molecule has 9 nitrogen and oxygen atoms in total. The molecule has 4 N–H and O–H groups in total. The predicted octanol–water partition coefficient (Wildman–Crippen LogP) is -0.454. The summed E-state index contributed by atoms with van der Waals surface area (Å²) >= 11 is 0. The third-order valence-corrected chi connectivity index (χ3v) is 6.21. The quantitative estimate of drug-likeness (QED) is 0.651. The van der Waals surface area contributed by atoms with Gasteiger partial charge in [0.2, 0.25) is 4.24 Å². The van der Waals surface area contributed by atoms with Gasteiger partial charge in [-0.1, -0.05) is 6.92 Å². The van der Waals surface area contributed by atoms with Gasteiger partial charge in [-0.25, -0.2) is 26.7 Å². The molecule has 1 aliphatic heterocycles. The van der Waals surface area contributed by atoms with E-state index in [-0.39, 0.29) is 0 Å². The summed E-state index contributed by atoms with van der Waals surface area (Å²) in [6.45, 7) is 3.48. The van der Waals surface area contributed by atoms with Crippen LogP contribution >= 0.6 is 0 Å². The van der Waals surface area contributed by atoms with E-state index in [9.17, 15) is 21.6 Å². The molecule has 11 heteroatoms. The van der Waals surface area contributed by atoms with E-state index in [0.29, 0.717) is 17.9 Å². The molecule has 1 amide bonds. The standard InChI is InChI=1S/C11H15N3O6S2/c1-3-7(8-5-4-6(2)20-8)13-9-10(15)14-22(18,19)11(9)21(12,16)17/h4-5,7,13H,3H2,1-2H3,(H,14,15)(H2,12,16,17)/t7-/m1/s1. The van der Waals surface area contributed by atoms with E-state index < -0.39 is 41.9 Å². The first kappa shape index (κ1) is 16.5. The van der Waals surface area contributed by atoms with Crippen LogP contribution in [0, 0.1) is 6.92 Å². The van der Waals surface area contributed by atoms with Gasteiger partial charge in [0.25, 0.3) is 26.0 Å². The van der Waals surface area contributed by atoms with Gasteiger partial charge in [0.05, 0.1) is 6.04 Å². The van der Waals surface area contributed by atoms with Crippen molar-refractivity contribution in [3.05, 3.63) is 33.6 Å². The lowest BCUT2D eigenvalue weighted by Crippen LogP contribution is -2.29. The third-order valence-electron chi connectivity index (χ3n) is 2.99. The molecular weight excluding hydrogens is 334 g/mol. The summed E-state index contributed by atoms with van der Waals surface area (Å²) in [5.74, 6) is -0.0106. The Hall–Kier alpha value is -1.85. The van der Waals surface area contributed by atoms with Crippen molar-refractivity contribution >= 4 is 26.0 Å². The third kappa shape index (κ3) is 3.00. The van der Waals surface area contributed by atoms with Crippen LogP contribution in [0.3, 0.4) is 0 Å². The topological polar surface area (TPSA) is 149 Å². The number of amides is 1. The molecule has 2 rings (SSSR count). The van der Waals surface area contributed by atoms with Gasteiger partial charge in [-0.2, -0.15) is 0 Å². The lowest BCUT2D eigenvalue weighted by molar-refractivity contribution is -0.116. The highest BCUT2D eigenvalue weighted by Gasteiger charge is 2.43. The van der Waals surface area contributed by atoms with Gasteiger partial charge >= 0.3 is 0 Å². The number of hydrogen-bond acceptors (Lipinski definition) is 7. The normalized spacial score (nSPS) is 19.1. The van der Waals surface area contributed by atoms with Crippen molar-refractivity contribution in [2.75, 3.05) is 0 Å². The van der Waals surface area contributed by atoms with Crippen LogP contribution in [0.2, 0.25) is 0 Å². The highest BCUT2D eigenvalue weighted by atomic mass is 32.3. The Balaban J connectivity index is 2.50. The largest absolute Gasteiger partial charge is 0.464 e. The molecule has 1 aromatic rings. The number of carbonyl (C=O) groups is 1. The number of primary sulfonamides is 1. The summed E-state index contributed by atoms with van der Waals surface area (Å²) in [5.41, 5.74) is -0.608. The maximum atomic E-state index is 11.8. The van der Waals surface area contributed by atoms with E-state index in [4.69, 9.17) is 9.56 Å². The lowest BCUT2D eigenvalue weighted by atomic mass is 10.1. The number of hydrogen-bond donors (Lipinski definition) is 3. The van der Waals surface area contributed by atoms with Crippen molar-refractivity contribution in [1.29, 1.82) is 0 Å². The Kier molecular flexibility index (Phi) is 4.06. The Bertz CT molecular complexity index is 850. The number of aryl methyl sites for hydroxylation is 1. The van der Waals surface area contributed by atoms with Crippen molar-refractivity contribution in [3.63, 3.8) is 0 Å². The van der Waals surface area contributed by atoms with Gasteiger partial charge in [0, 0.05) is 0 Å². The molecule has 0 bridgehead atoms. The molecule has 0 fully saturated rings. The Morgan fingerprint density at radius 2 is 2.05 bits per heavy atom. The molecule has 1 atom stereocenters. The molecule has 1 aromatic heterocycles. The number of sulfonamides is 2. The molecule has 0 radical (unpaired) electrons. The minimum absolute atomic E-state index is 0.418. The SMILES string of the molecule is CC[C@@H](NC1=C(S(N)(=O)=O)S(=O)(=O)NC1=O)c1ccc(C)o1. The lowest BCUT2D eigenvalue weighted by Gasteiger charge is -2.15. The van der Waals surface area contributed by atoms with E-state index in [1.165, 1.54) is 0 Å². The Morgan fingerprint density at radius 3 is 2.50 bits per heavy atom. The summed E-state index contributed by atoms with van der Waals surface area (Å²) in [6.07, 6.45) is 0.418. The monoisotopic (exact) mass is 349 g/mol. The van der Waals surface area contributed by atoms with Crippen LogP contribution in [0.5, 0.6) is 0 Å². The van der Waals surface area contributed by atoms with E-state index in [0.717, 1.165) is 0 Å². The van der Waals surface area contributed by atoms with Gasteiger partial charge < -0.3 is 9.73 Å². The molecule has 1 aliphatic rings. The maximum absolute atomic E-state index is 11.8. The molecule has 2 heterocycles. The van der Waals surface area contributed by atoms with Crippen molar-refractivity contribution in [3.8, 4) is 0 Å². The van der Waals surface area contributed by atoms with E-state index in [2.05, 4.69) is 5.32 Å². The summed E-state index contributed by atoms with van der Waals surface area (Å²) < 4.78 is 52.3. The zero-order valence-corrected chi connectivity index (χ0v) is 13.4. The molecule has 0 saturated heterocycles. The van der Waals surface area contributed by atoms with Crippen molar-refractivity contribution < 1.29 is 26.0 Å². The molecule has 0 saturated carbocycles. The Morgan fingerprint density at radius 1 is 1.41 bits per heavy atom. The highest BCUT2D eigenvalue weighted by molar-refractivity contribution is 8.13. The van der Waals surface area contributed by atoms with Gasteiger partial charge in [0.15, 0.2) is 0 Å². The predicted molar refractivity (Wildman–Crippen MR) is 76.8 cm³/mol. The first-order valence-corrected chi connectivity index (χ1v) is 9.26. The second kappa shape index (κ2) is 5.41. The van der Waals surface area contributed by atoms with E-state index >= 15 is 0 Å². The van der Waals surface area contributed by atoms with Crippen molar-refractivity contribution in [1.82, 2.24) is 10.0 Å². The second-order valence-electron chi connectivity index (χ2n) is 4.70. The van der Waals surface area contributed by atoms with Gasteiger partial charge in [-0.05, 0) is 25.5 Å². The van der Waals surface area contributed by atoms with Gasteiger partial charge in [-0.15, -0.1) is 0 Å². The van der Waals surface area contributed by atoms with Crippen LogP contribution < -0.4 is 15.2 Å². The maximum Gasteiger partial charge on any atom is 0.283 e. The average Bonchev–Trinajstić information content (AvgIpc) is 2.86.